The molecule has 4 unspecified atom stereocenters. The van der Waals surface area contributed by atoms with E-state index in [0.717, 1.165) is 31.2 Å². The van der Waals surface area contributed by atoms with Gasteiger partial charge in [-0.3, -0.25) is 0 Å². The number of benzene rings is 1. The number of likely N-dealkylation sites (tertiary alicyclic amines) is 1. The van der Waals surface area contributed by atoms with Gasteiger partial charge in [-0.05, 0) is 37.5 Å². The van der Waals surface area contributed by atoms with Crippen LogP contribution < -0.4 is 5.32 Å². The molecule has 0 saturated carbocycles. The van der Waals surface area contributed by atoms with E-state index in [9.17, 15) is 4.39 Å². The van der Waals surface area contributed by atoms with Crippen LogP contribution in [0.4, 0.5) is 4.39 Å². The van der Waals surface area contributed by atoms with E-state index in [1.54, 1.807) is 12.1 Å². The highest BCUT2D eigenvalue weighted by molar-refractivity contribution is 14.0. The number of nitrogens with zero attached hydrogens (tertiary/aromatic N) is 2. The topological polar surface area (TPSA) is 36.9 Å². The fraction of sp³-hybridized carbons (Fsp3) is 0.611. The number of ether oxygens (including phenoxy) is 1. The highest BCUT2D eigenvalue weighted by Gasteiger charge is 2.53. The van der Waals surface area contributed by atoms with Gasteiger partial charge in [0.05, 0.1) is 23.8 Å². The molecule has 7 heteroatoms. The number of aliphatic imine (C=N–C) groups is 1. The lowest BCUT2D eigenvalue weighted by Gasteiger charge is -2.23. The first-order chi connectivity index (χ1) is 11.7. The largest absolute Gasteiger partial charge is 0.374 e. The van der Waals surface area contributed by atoms with Crippen LogP contribution in [0.5, 0.6) is 0 Å². The molecule has 3 fully saturated rings. The minimum atomic E-state index is -0.390. The second-order valence-electron chi connectivity index (χ2n) is 6.94. The number of hydrogen-bond acceptors (Lipinski definition) is 2. The summed E-state index contributed by atoms with van der Waals surface area (Å²) in [6, 6.07) is 4.78. The SMILES string of the molecule is CCNC(=NCc1ccc(F)c(Cl)c1)N1CC2C3CCC(O3)C2C1.I. The zero-order chi connectivity index (χ0) is 16.7. The Morgan fingerprint density at radius 1 is 1.32 bits per heavy atom. The molecule has 4 atom stereocenters. The molecule has 1 aromatic carbocycles. The normalized spacial score (nSPS) is 30.4. The average Bonchev–Trinajstić information content (AvgIpc) is 3.27. The van der Waals surface area contributed by atoms with Gasteiger partial charge in [0.1, 0.15) is 5.82 Å². The Morgan fingerprint density at radius 2 is 2.00 bits per heavy atom. The molecule has 25 heavy (non-hydrogen) atoms. The predicted molar refractivity (Wildman–Crippen MR) is 108 cm³/mol. The molecule has 0 aromatic heterocycles. The number of fused-ring (bicyclic) bond motifs is 5. The van der Waals surface area contributed by atoms with Crippen LogP contribution in [-0.4, -0.2) is 42.7 Å². The van der Waals surface area contributed by atoms with Crippen molar-refractivity contribution < 1.29 is 9.13 Å². The Hall–Kier alpha value is -0.600. The average molecular weight is 480 g/mol. The van der Waals surface area contributed by atoms with E-state index in [0.29, 0.717) is 30.6 Å². The summed E-state index contributed by atoms with van der Waals surface area (Å²) in [6.45, 7) is 5.44. The second-order valence-corrected chi connectivity index (χ2v) is 7.35. The Kier molecular flexibility index (Phi) is 6.11. The van der Waals surface area contributed by atoms with Crippen molar-refractivity contribution in [2.24, 2.45) is 16.8 Å². The van der Waals surface area contributed by atoms with Crippen LogP contribution in [0.25, 0.3) is 0 Å². The molecule has 0 amide bonds. The van der Waals surface area contributed by atoms with Gasteiger partial charge in [0.25, 0.3) is 0 Å². The van der Waals surface area contributed by atoms with Crippen molar-refractivity contribution in [2.75, 3.05) is 19.6 Å². The number of hydrogen-bond donors (Lipinski definition) is 1. The van der Waals surface area contributed by atoms with Gasteiger partial charge in [-0.2, -0.15) is 0 Å². The predicted octanol–water partition coefficient (Wildman–Crippen LogP) is 3.67. The third kappa shape index (κ3) is 3.76. The van der Waals surface area contributed by atoms with Crippen molar-refractivity contribution in [3.8, 4) is 0 Å². The summed E-state index contributed by atoms with van der Waals surface area (Å²) in [5.41, 5.74) is 0.916. The minimum Gasteiger partial charge on any atom is -0.374 e. The molecule has 4 nitrogen and oxygen atoms in total. The summed E-state index contributed by atoms with van der Waals surface area (Å²) in [7, 11) is 0. The van der Waals surface area contributed by atoms with Crippen LogP contribution in [0.15, 0.2) is 23.2 Å². The summed E-state index contributed by atoms with van der Waals surface area (Å²) in [5.74, 6) is 1.84. The van der Waals surface area contributed by atoms with Crippen LogP contribution in [-0.2, 0) is 11.3 Å². The Morgan fingerprint density at radius 3 is 2.60 bits per heavy atom. The summed E-state index contributed by atoms with van der Waals surface area (Å²) in [6.07, 6.45) is 3.32. The van der Waals surface area contributed by atoms with Crippen LogP contribution in [0.3, 0.4) is 0 Å². The van der Waals surface area contributed by atoms with Gasteiger partial charge >= 0.3 is 0 Å². The standard InChI is InChI=1S/C18H23ClFN3O.HI/c1-2-21-18(22-8-11-3-4-15(20)14(19)7-11)23-9-12-13(10-23)17-6-5-16(12)24-17;/h3-4,7,12-13,16-17H,2,5-6,8-10H2,1H3,(H,21,22);1H. The highest BCUT2D eigenvalue weighted by atomic mass is 127. The quantitative estimate of drug-likeness (QED) is 0.408. The van der Waals surface area contributed by atoms with Gasteiger partial charge in [0.15, 0.2) is 5.96 Å². The van der Waals surface area contributed by atoms with E-state index in [1.807, 2.05) is 0 Å². The molecule has 3 heterocycles. The number of nitrogens with one attached hydrogen (secondary N) is 1. The summed E-state index contributed by atoms with van der Waals surface area (Å²) >= 11 is 5.86. The monoisotopic (exact) mass is 479 g/mol. The maximum Gasteiger partial charge on any atom is 0.194 e. The first-order valence-electron chi connectivity index (χ1n) is 8.78. The van der Waals surface area contributed by atoms with Crippen LogP contribution >= 0.6 is 35.6 Å². The van der Waals surface area contributed by atoms with Crippen molar-refractivity contribution >= 4 is 41.5 Å². The lowest BCUT2D eigenvalue weighted by molar-refractivity contribution is 0.0767. The summed E-state index contributed by atoms with van der Waals surface area (Å²) < 4.78 is 19.3. The molecule has 3 saturated heterocycles. The van der Waals surface area contributed by atoms with E-state index < -0.39 is 0 Å². The maximum atomic E-state index is 13.3. The van der Waals surface area contributed by atoms with Crippen LogP contribution in [0.1, 0.15) is 25.3 Å². The number of rotatable bonds is 3. The molecule has 0 aliphatic carbocycles. The van der Waals surface area contributed by atoms with Crippen molar-refractivity contribution in [3.63, 3.8) is 0 Å². The molecule has 138 valence electrons. The lowest BCUT2D eigenvalue weighted by atomic mass is 9.82. The van der Waals surface area contributed by atoms with Crippen LogP contribution in [0.2, 0.25) is 5.02 Å². The fourth-order valence-electron chi connectivity index (χ4n) is 4.36. The van der Waals surface area contributed by atoms with Crippen molar-refractivity contribution in [2.45, 2.75) is 38.5 Å². The number of halogens is 3. The Balaban J connectivity index is 0.00000182. The molecule has 2 bridgehead atoms. The van der Waals surface area contributed by atoms with Gasteiger partial charge in [-0.15, -0.1) is 24.0 Å². The zero-order valence-corrected chi connectivity index (χ0v) is 17.3. The molecule has 1 aromatic rings. The maximum absolute atomic E-state index is 13.3. The second kappa shape index (κ2) is 7.96. The minimum absolute atomic E-state index is 0. The van der Waals surface area contributed by atoms with E-state index >= 15 is 0 Å². The van der Waals surface area contributed by atoms with Crippen LogP contribution in [0, 0.1) is 17.7 Å². The molecule has 0 spiro atoms. The summed E-state index contributed by atoms with van der Waals surface area (Å²) in [4.78, 5) is 7.10. The molecule has 0 radical (unpaired) electrons. The van der Waals surface area contributed by atoms with E-state index in [2.05, 4.69) is 17.1 Å². The lowest BCUT2D eigenvalue weighted by Crippen LogP contribution is -2.41. The summed E-state index contributed by atoms with van der Waals surface area (Å²) in [5, 5.41) is 3.54. The van der Waals surface area contributed by atoms with Crippen molar-refractivity contribution in [3.05, 3.63) is 34.6 Å². The zero-order valence-electron chi connectivity index (χ0n) is 14.3. The number of guanidine groups is 1. The van der Waals surface area contributed by atoms with Gasteiger partial charge in [-0.25, -0.2) is 9.38 Å². The molecule has 3 aliphatic heterocycles. The molecular weight excluding hydrogens is 456 g/mol. The Bertz CT molecular complexity index is 641. The first-order valence-corrected chi connectivity index (χ1v) is 9.16. The van der Waals surface area contributed by atoms with E-state index in [-0.39, 0.29) is 34.8 Å². The van der Waals surface area contributed by atoms with E-state index in [4.69, 9.17) is 21.3 Å². The molecule has 3 aliphatic rings. The van der Waals surface area contributed by atoms with Gasteiger partial charge in [0.2, 0.25) is 0 Å². The van der Waals surface area contributed by atoms with Gasteiger partial charge in [-0.1, -0.05) is 17.7 Å². The van der Waals surface area contributed by atoms with Crippen molar-refractivity contribution in [1.29, 1.82) is 0 Å². The van der Waals surface area contributed by atoms with Crippen molar-refractivity contribution in [1.82, 2.24) is 10.2 Å². The molecular formula is C18H24ClFIN3O. The first kappa shape index (κ1) is 19.2. The highest BCUT2D eigenvalue weighted by Crippen LogP contribution is 2.47. The Labute approximate surface area is 170 Å². The van der Waals surface area contributed by atoms with Gasteiger partial charge < -0.3 is 15.0 Å². The molecule has 1 N–H and O–H groups in total. The van der Waals surface area contributed by atoms with Gasteiger partial charge in [0, 0.05) is 31.5 Å². The smallest absolute Gasteiger partial charge is 0.194 e. The fourth-order valence-corrected chi connectivity index (χ4v) is 4.57. The van der Waals surface area contributed by atoms with E-state index in [1.165, 1.54) is 18.9 Å². The third-order valence-corrected chi connectivity index (χ3v) is 5.77. The molecule has 4 rings (SSSR count). The third-order valence-electron chi connectivity index (χ3n) is 5.48.